The Morgan fingerprint density at radius 3 is 2.64 bits per heavy atom. The summed E-state index contributed by atoms with van der Waals surface area (Å²) in [7, 11) is 1.13. The Labute approximate surface area is 156 Å². The number of hydrogen-bond acceptors (Lipinski definition) is 5. The van der Waals surface area contributed by atoms with Crippen molar-refractivity contribution in [2.24, 2.45) is 0 Å². The summed E-state index contributed by atoms with van der Waals surface area (Å²) in [6.07, 6.45) is 0.0503. The van der Waals surface area contributed by atoms with Crippen LogP contribution in [0.2, 0.25) is 5.02 Å². The van der Waals surface area contributed by atoms with Gasteiger partial charge in [0.1, 0.15) is 5.02 Å². The second-order valence-corrected chi connectivity index (χ2v) is 6.28. The third-order valence-electron chi connectivity index (χ3n) is 3.22. The average Bonchev–Trinajstić information content (AvgIpc) is 2.53. The number of carbonyl (C=O) groups excluding carboxylic acids is 2. The Kier molecular flexibility index (Phi) is 6.11. The van der Waals surface area contributed by atoms with Crippen LogP contribution >= 0.6 is 27.5 Å². The topological polar surface area (TPSA) is 98.5 Å². The van der Waals surface area contributed by atoms with Crippen molar-refractivity contribution >= 4 is 50.8 Å². The summed E-state index contributed by atoms with van der Waals surface area (Å²) in [4.78, 5) is 34.3. The molecule has 130 valence electrons. The van der Waals surface area contributed by atoms with E-state index in [0.29, 0.717) is 0 Å². The molecule has 0 unspecified atom stereocenters. The number of esters is 1. The number of benzene rings is 2. The first-order valence-corrected chi connectivity index (χ1v) is 8.09. The molecule has 0 fully saturated rings. The number of methoxy groups -OCH3 is 1. The van der Waals surface area contributed by atoms with E-state index in [1.54, 1.807) is 18.2 Å². The van der Waals surface area contributed by atoms with Crippen LogP contribution in [0.4, 0.5) is 11.4 Å². The van der Waals surface area contributed by atoms with Crippen LogP contribution in [0.25, 0.3) is 0 Å². The minimum Gasteiger partial charge on any atom is -0.465 e. The quantitative estimate of drug-likeness (QED) is 0.442. The van der Waals surface area contributed by atoms with E-state index in [9.17, 15) is 19.7 Å². The number of nitrogens with one attached hydrogen (secondary N) is 1. The van der Waals surface area contributed by atoms with Crippen LogP contribution in [0.15, 0.2) is 40.9 Å². The number of ether oxygens (including phenoxy) is 1. The number of carbonyl (C=O) groups is 2. The van der Waals surface area contributed by atoms with Crippen molar-refractivity contribution in [3.8, 4) is 0 Å². The second-order valence-electron chi connectivity index (χ2n) is 4.95. The first-order valence-electron chi connectivity index (χ1n) is 6.92. The van der Waals surface area contributed by atoms with E-state index in [1.807, 2.05) is 6.07 Å². The largest absolute Gasteiger partial charge is 0.465 e. The maximum atomic E-state index is 12.2. The number of rotatable bonds is 5. The van der Waals surface area contributed by atoms with Crippen LogP contribution in [-0.2, 0) is 16.0 Å². The first kappa shape index (κ1) is 18.9. The Bertz CT molecular complexity index is 856. The van der Waals surface area contributed by atoms with Gasteiger partial charge in [0, 0.05) is 10.5 Å². The van der Waals surface area contributed by atoms with Gasteiger partial charge in [-0.25, -0.2) is 4.79 Å². The Hall–Kier alpha value is -2.45. The third kappa shape index (κ3) is 4.77. The Balaban J connectivity index is 2.31. The fourth-order valence-electron chi connectivity index (χ4n) is 2.11. The van der Waals surface area contributed by atoms with E-state index in [0.717, 1.165) is 29.3 Å². The molecule has 7 nitrogen and oxygen atoms in total. The zero-order valence-corrected chi connectivity index (χ0v) is 15.3. The lowest BCUT2D eigenvalue weighted by Gasteiger charge is -2.11. The van der Waals surface area contributed by atoms with Crippen LogP contribution < -0.4 is 5.32 Å². The predicted molar refractivity (Wildman–Crippen MR) is 95.9 cm³/mol. The Morgan fingerprint density at radius 2 is 2.04 bits per heavy atom. The number of nitro benzene ring substituents is 1. The van der Waals surface area contributed by atoms with Crippen LogP contribution in [-0.4, -0.2) is 23.9 Å². The smallest absolute Gasteiger partial charge is 0.340 e. The highest BCUT2D eigenvalue weighted by Crippen LogP contribution is 2.31. The number of anilines is 1. The molecule has 2 aromatic carbocycles. The zero-order chi connectivity index (χ0) is 18.6. The SMILES string of the molecule is COC(=O)c1cc([N+](=O)[O-])c(Cl)cc1NC(=O)Cc1cccc(Br)c1. The molecule has 0 aliphatic rings. The van der Waals surface area contributed by atoms with Crippen molar-refractivity contribution in [3.63, 3.8) is 0 Å². The molecule has 2 rings (SSSR count). The van der Waals surface area contributed by atoms with Gasteiger partial charge in [-0.1, -0.05) is 39.7 Å². The van der Waals surface area contributed by atoms with E-state index >= 15 is 0 Å². The molecular formula is C16H12BrClN2O5. The molecule has 1 N–H and O–H groups in total. The maximum absolute atomic E-state index is 12.2. The lowest BCUT2D eigenvalue weighted by molar-refractivity contribution is -0.384. The fraction of sp³-hybridized carbons (Fsp3) is 0.125. The van der Waals surface area contributed by atoms with Gasteiger partial charge in [0.15, 0.2) is 0 Å². The van der Waals surface area contributed by atoms with Gasteiger partial charge >= 0.3 is 5.97 Å². The number of halogens is 2. The summed E-state index contributed by atoms with van der Waals surface area (Å²) in [5.41, 5.74) is 0.190. The molecule has 0 spiro atoms. The van der Waals surface area contributed by atoms with E-state index in [2.05, 4.69) is 26.0 Å². The molecule has 25 heavy (non-hydrogen) atoms. The molecule has 0 atom stereocenters. The molecule has 0 aromatic heterocycles. The van der Waals surface area contributed by atoms with Crippen LogP contribution in [0.3, 0.4) is 0 Å². The molecule has 2 aromatic rings. The van der Waals surface area contributed by atoms with Gasteiger partial charge in [0.25, 0.3) is 5.69 Å². The maximum Gasteiger partial charge on any atom is 0.340 e. The normalized spacial score (nSPS) is 10.2. The summed E-state index contributed by atoms with van der Waals surface area (Å²) in [6.45, 7) is 0. The summed E-state index contributed by atoms with van der Waals surface area (Å²) >= 11 is 9.17. The number of nitro groups is 1. The van der Waals surface area contributed by atoms with Crippen LogP contribution in [0, 0.1) is 10.1 Å². The van der Waals surface area contributed by atoms with Gasteiger partial charge in [-0.3, -0.25) is 14.9 Å². The van der Waals surface area contributed by atoms with Gasteiger partial charge < -0.3 is 10.1 Å². The number of nitrogens with zero attached hydrogens (tertiary/aromatic N) is 1. The van der Waals surface area contributed by atoms with Crippen molar-refractivity contribution in [1.29, 1.82) is 0 Å². The lowest BCUT2D eigenvalue weighted by Crippen LogP contribution is -2.17. The fourth-order valence-corrected chi connectivity index (χ4v) is 2.79. The lowest BCUT2D eigenvalue weighted by atomic mass is 10.1. The third-order valence-corrected chi connectivity index (χ3v) is 4.01. The Morgan fingerprint density at radius 1 is 1.32 bits per heavy atom. The summed E-state index contributed by atoms with van der Waals surface area (Å²) in [6, 6.07) is 9.30. The number of amides is 1. The van der Waals surface area contributed by atoms with Crippen LogP contribution in [0.1, 0.15) is 15.9 Å². The minimum absolute atomic E-state index is 0.0439. The molecule has 9 heteroatoms. The predicted octanol–water partition coefficient (Wildman–Crippen LogP) is 3.98. The highest BCUT2D eigenvalue weighted by molar-refractivity contribution is 9.10. The summed E-state index contributed by atoms with van der Waals surface area (Å²) in [5, 5.41) is 13.3. The molecule has 0 saturated heterocycles. The highest BCUT2D eigenvalue weighted by atomic mass is 79.9. The molecule has 1 amide bonds. The van der Waals surface area contributed by atoms with Gasteiger partial charge in [-0.2, -0.15) is 0 Å². The van der Waals surface area contributed by atoms with Crippen molar-refractivity contribution in [3.05, 3.63) is 67.1 Å². The minimum atomic E-state index is -0.822. The van der Waals surface area contributed by atoms with E-state index in [4.69, 9.17) is 11.6 Å². The average molecular weight is 428 g/mol. The summed E-state index contributed by atoms with van der Waals surface area (Å²) in [5.74, 6) is -1.23. The molecule has 0 heterocycles. The summed E-state index contributed by atoms with van der Waals surface area (Å²) < 4.78 is 5.43. The van der Waals surface area contributed by atoms with Gasteiger partial charge in [0.2, 0.25) is 5.91 Å². The number of hydrogen-bond donors (Lipinski definition) is 1. The van der Waals surface area contributed by atoms with E-state index in [1.165, 1.54) is 0 Å². The van der Waals surface area contributed by atoms with Crippen molar-refractivity contribution in [2.45, 2.75) is 6.42 Å². The van der Waals surface area contributed by atoms with Gasteiger partial charge in [0.05, 0.1) is 29.7 Å². The van der Waals surface area contributed by atoms with Crippen molar-refractivity contribution in [2.75, 3.05) is 12.4 Å². The van der Waals surface area contributed by atoms with E-state index < -0.39 is 22.5 Å². The molecule has 0 radical (unpaired) electrons. The van der Waals surface area contributed by atoms with Gasteiger partial charge in [-0.15, -0.1) is 0 Å². The molecule has 0 aliphatic carbocycles. The van der Waals surface area contributed by atoms with Crippen molar-refractivity contribution < 1.29 is 19.2 Å². The zero-order valence-electron chi connectivity index (χ0n) is 12.9. The van der Waals surface area contributed by atoms with Crippen molar-refractivity contribution in [1.82, 2.24) is 0 Å². The standard InChI is InChI=1S/C16H12BrClN2O5/c1-25-16(22)11-7-14(20(23)24)12(18)8-13(11)19-15(21)6-9-3-2-4-10(17)5-9/h2-5,7-8H,6H2,1H3,(H,19,21). The molecule has 0 aliphatic heterocycles. The molecule has 0 saturated carbocycles. The van der Waals surface area contributed by atoms with Gasteiger partial charge in [-0.05, 0) is 23.8 Å². The second kappa shape index (κ2) is 8.09. The van der Waals surface area contributed by atoms with E-state index in [-0.39, 0.29) is 22.7 Å². The molecular weight excluding hydrogens is 416 g/mol. The molecule has 0 bridgehead atoms. The highest BCUT2D eigenvalue weighted by Gasteiger charge is 2.22. The monoisotopic (exact) mass is 426 g/mol. The first-order chi connectivity index (χ1) is 11.8. The van der Waals surface area contributed by atoms with Crippen LogP contribution in [0.5, 0.6) is 0 Å².